The third-order valence-electron chi connectivity index (χ3n) is 7.57. The standard InChI is InChI=1S/C37H23NS2/c1-2-10-24(11-3-1)36-27-12-4-6-14-29(27)37(30-15-7-5-13-28(30)36)26-18-20-31(38-23-26)25-19-21-34-35(22-25)40-33-17-9-8-16-32(33)39-34/h1-23H. The van der Waals surface area contributed by atoms with Gasteiger partial charge in [-0.25, -0.2) is 0 Å². The number of hydrogen-bond acceptors (Lipinski definition) is 3. The fourth-order valence-electron chi connectivity index (χ4n) is 5.75. The average molecular weight is 546 g/mol. The normalized spacial score (nSPS) is 12.3. The third-order valence-corrected chi connectivity index (χ3v) is 10.1. The molecule has 0 saturated heterocycles. The van der Waals surface area contributed by atoms with E-state index in [0.29, 0.717) is 0 Å². The number of fused-ring (bicyclic) bond motifs is 4. The Bertz CT molecular complexity index is 1990. The number of aromatic nitrogens is 1. The summed E-state index contributed by atoms with van der Waals surface area (Å²) in [6, 6.07) is 48.0. The van der Waals surface area contributed by atoms with Crippen molar-refractivity contribution in [3.63, 3.8) is 0 Å². The molecule has 8 rings (SSSR count). The smallest absolute Gasteiger partial charge is 0.0702 e. The van der Waals surface area contributed by atoms with Crippen LogP contribution in [0.5, 0.6) is 0 Å². The minimum absolute atomic E-state index is 0.991. The van der Waals surface area contributed by atoms with Crippen LogP contribution < -0.4 is 0 Å². The van der Waals surface area contributed by atoms with Crippen molar-refractivity contribution in [2.45, 2.75) is 19.6 Å². The molecule has 0 fully saturated rings. The van der Waals surface area contributed by atoms with Crippen molar-refractivity contribution < 1.29 is 0 Å². The molecule has 6 aromatic carbocycles. The molecule has 40 heavy (non-hydrogen) atoms. The van der Waals surface area contributed by atoms with Crippen LogP contribution in [0.25, 0.3) is 55.1 Å². The van der Waals surface area contributed by atoms with Crippen molar-refractivity contribution in [1.82, 2.24) is 4.98 Å². The molecular formula is C37H23NS2. The Balaban J connectivity index is 1.25. The Morgan fingerprint density at radius 2 is 0.875 bits per heavy atom. The molecule has 0 amide bonds. The highest BCUT2D eigenvalue weighted by molar-refractivity contribution is 8.05. The van der Waals surface area contributed by atoms with Gasteiger partial charge in [0.2, 0.25) is 0 Å². The highest BCUT2D eigenvalue weighted by atomic mass is 32.2. The fourth-order valence-corrected chi connectivity index (χ4v) is 8.01. The molecule has 0 spiro atoms. The Labute approximate surface area is 241 Å². The van der Waals surface area contributed by atoms with E-state index in [0.717, 1.165) is 16.8 Å². The van der Waals surface area contributed by atoms with Gasteiger partial charge in [0.15, 0.2) is 0 Å². The predicted molar refractivity (Wildman–Crippen MR) is 170 cm³/mol. The number of rotatable bonds is 3. The molecule has 0 N–H and O–H groups in total. The van der Waals surface area contributed by atoms with Gasteiger partial charge in [0.1, 0.15) is 0 Å². The molecule has 0 radical (unpaired) electrons. The van der Waals surface area contributed by atoms with E-state index in [9.17, 15) is 0 Å². The summed E-state index contributed by atoms with van der Waals surface area (Å²) in [5, 5.41) is 5.01. The van der Waals surface area contributed by atoms with Crippen LogP contribution >= 0.6 is 23.5 Å². The van der Waals surface area contributed by atoms with E-state index in [4.69, 9.17) is 4.98 Å². The monoisotopic (exact) mass is 545 g/mol. The summed E-state index contributed by atoms with van der Waals surface area (Å²) in [6.07, 6.45) is 2.04. The second kappa shape index (κ2) is 9.71. The lowest BCUT2D eigenvalue weighted by Crippen LogP contribution is -1.93. The molecule has 0 atom stereocenters. The van der Waals surface area contributed by atoms with Crippen molar-refractivity contribution in [3.8, 4) is 33.5 Å². The van der Waals surface area contributed by atoms with Gasteiger partial charge in [-0.15, -0.1) is 0 Å². The van der Waals surface area contributed by atoms with E-state index < -0.39 is 0 Å². The van der Waals surface area contributed by atoms with Gasteiger partial charge in [-0.05, 0) is 68.6 Å². The van der Waals surface area contributed by atoms with Crippen LogP contribution in [0, 0.1) is 0 Å². The maximum absolute atomic E-state index is 5.00. The molecule has 3 heteroatoms. The van der Waals surface area contributed by atoms with Crippen LogP contribution in [-0.4, -0.2) is 4.98 Å². The summed E-state index contributed by atoms with van der Waals surface area (Å²) in [5.41, 5.74) is 7.02. The Kier molecular flexibility index (Phi) is 5.72. The lowest BCUT2D eigenvalue weighted by molar-refractivity contribution is 1.15. The second-order valence-corrected chi connectivity index (χ2v) is 12.1. The molecule has 1 nitrogen and oxygen atoms in total. The summed E-state index contributed by atoms with van der Waals surface area (Å²) >= 11 is 3.69. The topological polar surface area (TPSA) is 12.9 Å². The fraction of sp³-hybridized carbons (Fsp3) is 0. The summed E-state index contributed by atoms with van der Waals surface area (Å²) in [4.78, 5) is 10.2. The zero-order valence-corrected chi connectivity index (χ0v) is 23.2. The van der Waals surface area contributed by atoms with Gasteiger partial charge >= 0.3 is 0 Å². The molecule has 1 aliphatic heterocycles. The van der Waals surface area contributed by atoms with E-state index in [1.165, 1.54) is 57.8 Å². The number of nitrogens with zero attached hydrogens (tertiary/aromatic N) is 1. The van der Waals surface area contributed by atoms with Gasteiger partial charge < -0.3 is 0 Å². The number of hydrogen-bond donors (Lipinski definition) is 0. The van der Waals surface area contributed by atoms with Crippen LogP contribution in [0.3, 0.4) is 0 Å². The first kappa shape index (κ1) is 23.6. The molecule has 1 aliphatic rings. The van der Waals surface area contributed by atoms with E-state index in [1.807, 2.05) is 29.7 Å². The quantitative estimate of drug-likeness (QED) is 0.205. The molecule has 0 saturated carbocycles. The van der Waals surface area contributed by atoms with Crippen molar-refractivity contribution in [2.24, 2.45) is 0 Å². The van der Waals surface area contributed by atoms with Gasteiger partial charge in [-0.1, -0.05) is 127 Å². The Morgan fingerprint density at radius 3 is 1.48 bits per heavy atom. The first-order valence-electron chi connectivity index (χ1n) is 13.4. The SMILES string of the molecule is c1ccc(-c2c3ccccc3c(-c3ccc(-c4ccc5c(c4)Sc4ccccc4S5)nc3)c3ccccc23)cc1. The second-order valence-electron chi connectivity index (χ2n) is 9.95. The summed E-state index contributed by atoms with van der Waals surface area (Å²) in [6.45, 7) is 0. The van der Waals surface area contributed by atoms with Gasteiger partial charge in [-0.3, -0.25) is 4.98 Å². The van der Waals surface area contributed by atoms with Crippen LogP contribution in [0.4, 0.5) is 0 Å². The first-order valence-corrected chi connectivity index (χ1v) is 15.0. The molecule has 7 aromatic rings. The predicted octanol–water partition coefficient (Wildman–Crippen LogP) is 11.0. The average Bonchev–Trinajstić information content (AvgIpc) is 3.03. The van der Waals surface area contributed by atoms with Gasteiger partial charge in [-0.2, -0.15) is 0 Å². The van der Waals surface area contributed by atoms with Crippen LogP contribution in [-0.2, 0) is 0 Å². The highest BCUT2D eigenvalue weighted by Crippen LogP contribution is 2.49. The summed E-state index contributed by atoms with van der Waals surface area (Å²) in [5.74, 6) is 0. The lowest BCUT2D eigenvalue weighted by atomic mass is 9.86. The maximum atomic E-state index is 5.00. The zero-order chi connectivity index (χ0) is 26.5. The van der Waals surface area contributed by atoms with Crippen LogP contribution in [0.15, 0.2) is 159 Å². The van der Waals surface area contributed by atoms with Crippen molar-refractivity contribution >= 4 is 45.1 Å². The molecular weight excluding hydrogens is 523 g/mol. The summed E-state index contributed by atoms with van der Waals surface area (Å²) in [7, 11) is 0. The lowest BCUT2D eigenvalue weighted by Gasteiger charge is -2.19. The molecule has 0 aliphatic carbocycles. The van der Waals surface area contributed by atoms with Crippen LogP contribution in [0.2, 0.25) is 0 Å². The van der Waals surface area contributed by atoms with E-state index in [-0.39, 0.29) is 0 Å². The van der Waals surface area contributed by atoms with Crippen molar-refractivity contribution in [3.05, 3.63) is 140 Å². The number of benzene rings is 6. The minimum Gasteiger partial charge on any atom is -0.256 e. The molecule has 2 heterocycles. The first-order chi connectivity index (χ1) is 19.8. The zero-order valence-electron chi connectivity index (χ0n) is 21.5. The molecule has 0 bridgehead atoms. The molecule has 1 aromatic heterocycles. The highest BCUT2D eigenvalue weighted by Gasteiger charge is 2.19. The molecule has 0 unspecified atom stereocenters. The van der Waals surface area contributed by atoms with Crippen molar-refractivity contribution in [1.29, 1.82) is 0 Å². The molecule has 188 valence electrons. The Morgan fingerprint density at radius 1 is 0.375 bits per heavy atom. The summed E-state index contributed by atoms with van der Waals surface area (Å²) < 4.78 is 0. The third kappa shape index (κ3) is 3.93. The largest absolute Gasteiger partial charge is 0.256 e. The van der Waals surface area contributed by atoms with E-state index in [2.05, 4.69) is 133 Å². The Hall–Kier alpha value is -4.31. The minimum atomic E-state index is 0.991. The number of pyridine rings is 1. The van der Waals surface area contributed by atoms with Crippen LogP contribution in [0.1, 0.15) is 0 Å². The van der Waals surface area contributed by atoms with Gasteiger partial charge in [0, 0.05) is 36.9 Å². The van der Waals surface area contributed by atoms with Crippen molar-refractivity contribution in [2.75, 3.05) is 0 Å². The van der Waals surface area contributed by atoms with E-state index in [1.54, 1.807) is 0 Å². The maximum Gasteiger partial charge on any atom is 0.0702 e. The van der Waals surface area contributed by atoms with E-state index >= 15 is 0 Å². The van der Waals surface area contributed by atoms with Gasteiger partial charge in [0.25, 0.3) is 0 Å². The van der Waals surface area contributed by atoms with Gasteiger partial charge in [0.05, 0.1) is 5.69 Å².